The van der Waals surface area contributed by atoms with E-state index < -0.39 is 24.1 Å². The highest BCUT2D eigenvalue weighted by atomic mass is 16.5. The Kier molecular flexibility index (Phi) is 23.9. The zero-order valence-electron chi connectivity index (χ0n) is 35.2. The summed E-state index contributed by atoms with van der Waals surface area (Å²) in [6.45, 7) is 25.1. The van der Waals surface area contributed by atoms with Crippen molar-refractivity contribution < 1.29 is 58.6 Å². The Morgan fingerprint density at radius 1 is 0.625 bits per heavy atom. The predicted molar refractivity (Wildman–Crippen MR) is 216 cm³/mol. The Hall–Kier alpha value is -4.18. The summed E-state index contributed by atoms with van der Waals surface area (Å²) in [4.78, 5) is 42.2. The van der Waals surface area contributed by atoms with Gasteiger partial charge in [0, 0.05) is 58.6 Å². The van der Waals surface area contributed by atoms with Crippen LogP contribution in [0.5, 0.6) is 11.5 Å². The molecule has 56 heavy (non-hydrogen) atoms. The summed E-state index contributed by atoms with van der Waals surface area (Å²) in [5, 5.41) is 42.2. The van der Waals surface area contributed by atoms with Crippen LogP contribution in [0.3, 0.4) is 0 Å². The summed E-state index contributed by atoms with van der Waals surface area (Å²) < 4.78 is 22.8. The first kappa shape index (κ1) is 51.8. The van der Waals surface area contributed by atoms with Gasteiger partial charge in [-0.15, -0.1) is 0 Å². The van der Waals surface area contributed by atoms with E-state index in [1.54, 1.807) is 36.4 Å². The van der Waals surface area contributed by atoms with Crippen molar-refractivity contribution in [2.75, 3.05) is 26.3 Å². The smallest absolute Gasteiger partial charge is 0.328 e. The zero-order valence-corrected chi connectivity index (χ0v) is 35.2. The summed E-state index contributed by atoms with van der Waals surface area (Å²) >= 11 is 0. The molecule has 0 aliphatic carbocycles. The lowest BCUT2D eigenvalue weighted by molar-refractivity contribution is -0.134. The van der Waals surface area contributed by atoms with Gasteiger partial charge >= 0.3 is 11.9 Å². The minimum atomic E-state index is -1.26. The largest absolute Gasteiger partial charge is 0.490 e. The van der Waals surface area contributed by atoms with Gasteiger partial charge in [0.05, 0.1) is 25.4 Å². The van der Waals surface area contributed by atoms with Crippen LogP contribution in [0, 0.1) is 0 Å². The van der Waals surface area contributed by atoms with Crippen LogP contribution in [0.4, 0.5) is 0 Å². The van der Waals surface area contributed by atoms with Crippen molar-refractivity contribution in [3.8, 4) is 11.5 Å². The second-order valence-electron chi connectivity index (χ2n) is 15.7. The Morgan fingerprint density at radius 3 is 1.20 bits per heavy atom. The van der Waals surface area contributed by atoms with Crippen LogP contribution in [0.1, 0.15) is 115 Å². The number of nitrogens with one attached hydrogen (secondary N) is 2. The Morgan fingerprint density at radius 2 is 0.946 bits per heavy atom. The van der Waals surface area contributed by atoms with Crippen LogP contribution in [-0.2, 0) is 32.3 Å². The van der Waals surface area contributed by atoms with Gasteiger partial charge in [0.2, 0.25) is 0 Å². The van der Waals surface area contributed by atoms with Gasteiger partial charge in [-0.1, -0.05) is 0 Å². The number of carbonyl (C=O) groups is 4. The van der Waals surface area contributed by atoms with E-state index >= 15 is 0 Å². The van der Waals surface area contributed by atoms with Crippen LogP contribution in [0.2, 0.25) is 0 Å². The number of ether oxygens (including phenoxy) is 4. The topological polar surface area (TPSA) is 210 Å². The third kappa shape index (κ3) is 26.6. The zero-order chi connectivity index (χ0) is 43.2. The fourth-order valence-electron chi connectivity index (χ4n) is 4.10. The second-order valence-corrected chi connectivity index (χ2v) is 15.7. The maximum Gasteiger partial charge on any atom is 0.328 e. The van der Waals surface area contributed by atoms with Gasteiger partial charge in [0.1, 0.15) is 36.9 Å². The third-order valence-corrected chi connectivity index (χ3v) is 7.05. The van der Waals surface area contributed by atoms with E-state index in [0.717, 1.165) is 11.1 Å². The molecule has 2 rings (SSSR count). The van der Waals surface area contributed by atoms with Crippen LogP contribution >= 0.6 is 0 Å². The monoisotopic (exact) mass is 790 g/mol. The first-order valence-electron chi connectivity index (χ1n) is 18.6. The molecule has 0 bridgehead atoms. The van der Waals surface area contributed by atoms with Crippen LogP contribution in [0.25, 0.3) is 0 Å². The Labute approximate surface area is 332 Å². The number of aliphatic hydroxyl groups is 2. The molecule has 14 nitrogen and oxygen atoms in total. The number of carboxylic acid groups (broad SMARTS) is 2. The molecule has 2 aromatic carbocycles. The Balaban J connectivity index is 0.000000905. The highest BCUT2D eigenvalue weighted by Crippen LogP contribution is 2.24. The molecule has 0 saturated heterocycles. The highest BCUT2D eigenvalue weighted by molar-refractivity contribution is 5.95. The average molecular weight is 791 g/mol. The number of rotatable bonds is 20. The number of hydrogen-bond acceptors (Lipinski definition) is 12. The second kappa shape index (κ2) is 25.9. The SMILES string of the molecule is CC(=O)c1ccc(OCC(O)CNC(C)(C)C)c(COC(C)C)c1.CC(=O)c1ccc(OCC(O)CNC(C)(C)C)c(COC(C)C)c1.O=C(O)/C=C/C(=O)O. The number of Topliss-reactive ketones (excluding diaryl/α,β-unsaturated/α-hetero) is 2. The maximum atomic E-state index is 11.6. The van der Waals surface area contributed by atoms with Gasteiger partial charge in [-0.3, -0.25) is 9.59 Å². The van der Waals surface area contributed by atoms with Crippen molar-refractivity contribution in [3.05, 3.63) is 70.8 Å². The molecule has 0 aliphatic heterocycles. The van der Waals surface area contributed by atoms with Crippen molar-refractivity contribution in [3.63, 3.8) is 0 Å². The predicted octanol–water partition coefficient (Wildman–Crippen LogP) is 5.60. The summed E-state index contributed by atoms with van der Waals surface area (Å²) in [5.41, 5.74) is 2.76. The molecule has 2 atom stereocenters. The van der Waals surface area contributed by atoms with Crippen molar-refractivity contribution in [2.45, 2.75) is 132 Å². The molecule has 2 aromatic rings. The van der Waals surface area contributed by atoms with E-state index in [1.165, 1.54) is 13.8 Å². The number of β-amino-alcohol motifs (C(OH)–C–C–N with tert-alkyl or cyclic N) is 2. The van der Waals surface area contributed by atoms with Gasteiger partial charge in [0.25, 0.3) is 0 Å². The number of carbonyl (C=O) groups excluding carboxylic acids is 2. The molecule has 0 spiro atoms. The standard InChI is InChI=1S/2C19H31NO4.C4H4O4/c2*1-13(2)23-11-16-9-15(14(3)21)7-8-18(16)24-12-17(22)10-20-19(4,5)6;5-3(6)1-2-4(7)8/h2*7-9,13,17,20,22H,10-12H2,1-6H3;1-2H,(H,5,6)(H,7,8)/b;;2-1+. The molecule has 0 fully saturated rings. The maximum absolute atomic E-state index is 11.6. The molecule has 14 heteroatoms. The fraction of sp³-hybridized carbons (Fsp3) is 0.571. The average Bonchev–Trinajstić information content (AvgIpc) is 3.08. The number of hydrogen-bond donors (Lipinski definition) is 6. The van der Waals surface area contributed by atoms with Gasteiger partial charge in [-0.2, -0.15) is 0 Å². The van der Waals surface area contributed by atoms with Crippen LogP contribution < -0.4 is 20.1 Å². The van der Waals surface area contributed by atoms with E-state index in [2.05, 4.69) is 10.6 Å². The van der Waals surface area contributed by atoms with Crippen molar-refractivity contribution >= 4 is 23.5 Å². The molecule has 0 radical (unpaired) electrons. The number of benzene rings is 2. The fourth-order valence-corrected chi connectivity index (χ4v) is 4.10. The number of carboxylic acids is 2. The van der Waals surface area contributed by atoms with E-state index in [-0.39, 0.29) is 48.1 Å². The molecule has 0 heterocycles. The van der Waals surface area contributed by atoms with E-state index in [1.807, 2.05) is 69.2 Å². The molecule has 2 unspecified atom stereocenters. The molecule has 0 aliphatic rings. The minimum Gasteiger partial charge on any atom is -0.490 e. The number of aliphatic carboxylic acids is 2. The molecule has 0 aromatic heterocycles. The first-order chi connectivity index (χ1) is 25.8. The lowest BCUT2D eigenvalue weighted by atomic mass is 10.1. The van der Waals surface area contributed by atoms with Crippen LogP contribution in [0.15, 0.2) is 48.6 Å². The molecule has 0 saturated carbocycles. The summed E-state index contributed by atoms with van der Waals surface area (Å²) in [7, 11) is 0. The van der Waals surface area contributed by atoms with Crippen molar-refractivity contribution in [1.82, 2.24) is 10.6 Å². The van der Waals surface area contributed by atoms with Gasteiger partial charge in [0.15, 0.2) is 11.6 Å². The van der Waals surface area contributed by atoms with Crippen molar-refractivity contribution in [1.29, 1.82) is 0 Å². The Bertz CT molecular complexity index is 1430. The van der Waals surface area contributed by atoms with E-state index in [0.29, 0.717) is 61.1 Å². The number of ketones is 2. The molecular weight excluding hydrogens is 724 g/mol. The molecule has 6 N–H and O–H groups in total. The summed E-state index contributed by atoms with van der Waals surface area (Å²) in [6.07, 6.45) is 0.0528. The third-order valence-electron chi connectivity index (χ3n) is 7.05. The lowest BCUT2D eigenvalue weighted by Crippen LogP contribution is -2.42. The summed E-state index contributed by atoms with van der Waals surface area (Å²) in [5.74, 6) is -1.24. The van der Waals surface area contributed by atoms with E-state index in [9.17, 15) is 29.4 Å². The van der Waals surface area contributed by atoms with Gasteiger partial charge in [-0.05, 0) is 119 Å². The molecule has 316 valence electrons. The number of aliphatic hydroxyl groups excluding tert-OH is 2. The minimum absolute atomic E-state index is 0.00163. The lowest BCUT2D eigenvalue weighted by Gasteiger charge is -2.23. The molecule has 0 amide bonds. The van der Waals surface area contributed by atoms with E-state index in [4.69, 9.17) is 29.2 Å². The van der Waals surface area contributed by atoms with Gasteiger partial charge < -0.3 is 50.0 Å². The van der Waals surface area contributed by atoms with Crippen molar-refractivity contribution in [2.24, 2.45) is 0 Å². The first-order valence-corrected chi connectivity index (χ1v) is 18.6. The summed E-state index contributed by atoms with van der Waals surface area (Å²) in [6, 6.07) is 10.6. The highest BCUT2D eigenvalue weighted by Gasteiger charge is 2.16. The van der Waals surface area contributed by atoms with Crippen LogP contribution in [-0.4, -0.2) is 106 Å². The molecular formula is C42H66N2O12. The quantitative estimate of drug-likeness (QED) is 0.0713. The van der Waals surface area contributed by atoms with Gasteiger partial charge in [-0.25, -0.2) is 9.59 Å². The normalized spacial score (nSPS) is 12.6.